The lowest BCUT2D eigenvalue weighted by Crippen LogP contribution is -2.24. The van der Waals surface area contributed by atoms with Gasteiger partial charge in [-0.2, -0.15) is 0 Å². The lowest BCUT2D eigenvalue weighted by molar-refractivity contribution is -0.384. The molecule has 0 heterocycles. The van der Waals surface area contributed by atoms with Crippen LogP contribution in [0.15, 0.2) is 48.5 Å². The van der Waals surface area contributed by atoms with Crippen molar-refractivity contribution in [2.24, 2.45) is 0 Å². The first kappa shape index (κ1) is 17.8. The Bertz CT molecular complexity index is 810. The number of benzene rings is 2. The number of carbonyl (C=O) groups excluding carboxylic acids is 1. The number of nitro benzene ring substituents is 1. The minimum Gasteiger partial charge on any atom is -0.445 e. The van der Waals surface area contributed by atoms with E-state index in [-0.39, 0.29) is 12.3 Å². The number of rotatable bonds is 5. The van der Waals surface area contributed by atoms with Gasteiger partial charge in [0.15, 0.2) is 0 Å². The number of nitrogens with zero attached hydrogens (tertiary/aromatic N) is 1. The fourth-order valence-electron chi connectivity index (χ4n) is 1.93. The largest absolute Gasteiger partial charge is 0.445 e. The average Bonchev–Trinajstić information content (AvgIpc) is 2.61. The van der Waals surface area contributed by atoms with E-state index in [1.807, 2.05) is 30.3 Å². The van der Waals surface area contributed by atoms with Gasteiger partial charge in [0.1, 0.15) is 6.61 Å². The maximum absolute atomic E-state index is 11.5. The Morgan fingerprint density at radius 3 is 2.72 bits per heavy atom. The second kappa shape index (κ2) is 8.93. The van der Waals surface area contributed by atoms with Crippen LogP contribution in [0.3, 0.4) is 0 Å². The number of non-ortho nitro benzene ring substituents is 1. The van der Waals surface area contributed by atoms with Crippen molar-refractivity contribution < 1.29 is 14.5 Å². The molecular formula is C18H17N3O4. The van der Waals surface area contributed by atoms with Gasteiger partial charge in [0.05, 0.1) is 10.5 Å². The van der Waals surface area contributed by atoms with Crippen LogP contribution in [0.1, 0.15) is 17.5 Å². The summed E-state index contributed by atoms with van der Waals surface area (Å²) < 4.78 is 5.06. The summed E-state index contributed by atoms with van der Waals surface area (Å²) in [6, 6.07) is 13.4. The summed E-state index contributed by atoms with van der Waals surface area (Å²) in [4.78, 5) is 21.8. The van der Waals surface area contributed by atoms with Gasteiger partial charge in [0.2, 0.25) is 0 Å². The minimum atomic E-state index is -0.527. The maximum Gasteiger partial charge on any atom is 0.407 e. The van der Waals surface area contributed by atoms with E-state index in [4.69, 9.17) is 10.5 Å². The van der Waals surface area contributed by atoms with E-state index in [0.717, 1.165) is 5.56 Å². The quantitative estimate of drug-likeness (QED) is 0.286. The van der Waals surface area contributed by atoms with E-state index in [1.165, 1.54) is 18.2 Å². The topological polar surface area (TPSA) is 107 Å². The Hall–Kier alpha value is -3.53. The number of hydrogen-bond donors (Lipinski definition) is 2. The van der Waals surface area contributed by atoms with Crippen molar-refractivity contribution in [1.82, 2.24) is 5.32 Å². The van der Waals surface area contributed by atoms with Crippen molar-refractivity contribution in [3.05, 3.63) is 69.8 Å². The number of nitro groups is 1. The van der Waals surface area contributed by atoms with Crippen molar-refractivity contribution in [2.45, 2.75) is 13.0 Å². The molecule has 0 aliphatic heterocycles. The highest BCUT2D eigenvalue weighted by atomic mass is 16.6. The van der Waals surface area contributed by atoms with Crippen molar-refractivity contribution in [1.29, 1.82) is 0 Å². The van der Waals surface area contributed by atoms with Crippen molar-refractivity contribution in [2.75, 3.05) is 12.3 Å². The predicted octanol–water partition coefficient (Wildman–Crippen LogP) is 2.85. The van der Waals surface area contributed by atoms with Crippen LogP contribution in [-0.4, -0.2) is 17.6 Å². The minimum absolute atomic E-state index is 0.0684. The molecule has 0 saturated heterocycles. The maximum atomic E-state index is 11.5. The molecule has 0 unspecified atom stereocenters. The molecule has 0 atom stereocenters. The number of carbonyl (C=O) groups is 1. The molecule has 0 aliphatic carbocycles. The number of alkyl carbamates (subject to hydrolysis) is 1. The van der Waals surface area contributed by atoms with Gasteiger partial charge in [0.25, 0.3) is 5.69 Å². The molecule has 0 fully saturated rings. The first-order chi connectivity index (χ1) is 12.1. The second-order valence-electron chi connectivity index (χ2n) is 5.07. The van der Waals surface area contributed by atoms with Crippen LogP contribution >= 0.6 is 0 Å². The summed E-state index contributed by atoms with van der Waals surface area (Å²) in [5.74, 6) is 5.58. The molecule has 7 heteroatoms. The van der Waals surface area contributed by atoms with Crippen LogP contribution in [0.25, 0.3) is 0 Å². The Balaban J connectivity index is 1.76. The molecular weight excluding hydrogens is 322 g/mol. The van der Waals surface area contributed by atoms with E-state index in [1.54, 1.807) is 0 Å². The van der Waals surface area contributed by atoms with E-state index in [9.17, 15) is 14.9 Å². The number of ether oxygens (including phenoxy) is 1. The number of nitrogens with one attached hydrogen (secondary N) is 1. The molecule has 2 aromatic carbocycles. The van der Waals surface area contributed by atoms with Gasteiger partial charge in [-0.05, 0) is 11.6 Å². The first-order valence-electron chi connectivity index (χ1n) is 7.53. The molecule has 1 amide bonds. The van der Waals surface area contributed by atoms with Gasteiger partial charge in [-0.3, -0.25) is 10.1 Å². The summed E-state index contributed by atoms with van der Waals surface area (Å²) >= 11 is 0. The zero-order valence-corrected chi connectivity index (χ0v) is 13.4. The van der Waals surface area contributed by atoms with Gasteiger partial charge < -0.3 is 15.8 Å². The molecule has 0 spiro atoms. The van der Waals surface area contributed by atoms with Crippen molar-refractivity contribution in [3.63, 3.8) is 0 Å². The summed E-state index contributed by atoms with van der Waals surface area (Å²) in [7, 11) is 0. The molecule has 0 saturated carbocycles. The predicted molar refractivity (Wildman–Crippen MR) is 93.6 cm³/mol. The molecule has 0 aliphatic rings. The molecule has 3 N–H and O–H groups in total. The zero-order valence-electron chi connectivity index (χ0n) is 13.4. The molecule has 2 rings (SSSR count). The van der Waals surface area contributed by atoms with Gasteiger partial charge in [0, 0.05) is 30.8 Å². The summed E-state index contributed by atoms with van der Waals surface area (Å²) in [6.07, 6.45) is -0.164. The van der Waals surface area contributed by atoms with Gasteiger partial charge >= 0.3 is 6.09 Å². The molecule has 128 valence electrons. The van der Waals surface area contributed by atoms with E-state index < -0.39 is 11.0 Å². The fraction of sp³-hybridized carbons (Fsp3) is 0.167. The second-order valence-corrected chi connectivity index (χ2v) is 5.07. The number of amides is 1. The summed E-state index contributed by atoms with van der Waals surface area (Å²) in [5, 5.41) is 13.3. The molecule has 7 nitrogen and oxygen atoms in total. The number of nitrogens with two attached hydrogens (primary N) is 1. The van der Waals surface area contributed by atoms with E-state index in [2.05, 4.69) is 17.2 Å². The molecule has 25 heavy (non-hydrogen) atoms. The lowest BCUT2D eigenvalue weighted by Gasteiger charge is -2.05. The van der Waals surface area contributed by atoms with Crippen LogP contribution in [-0.2, 0) is 11.3 Å². The molecule has 2 aromatic rings. The third kappa shape index (κ3) is 5.88. The van der Waals surface area contributed by atoms with Crippen LogP contribution in [0.2, 0.25) is 0 Å². The molecule has 0 aromatic heterocycles. The van der Waals surface area contributed by atoms with Crippen molar-refractivity contribution >= 4 is 17.5 Å². The number of anilines is 1. The smallest absolute Gasteiger partial charge is 0.407 e. The number of hydrogen-bond acceptors (Lipinski definition) is 5. The van der Waals surface area contributed by atoms with E-state index >= 15 is 0 Å². The van der Waals surface area contributed by atoms with Crippen LogP contribution in [0.4, 0.5) is 16.2 Å². The summed E-state index contributed by atoms with van der Waals surface area (Å²) in [5.41, 5.74) is 7.32. The van der Waals surface area contributed by atoms with Crippen LogP contribution in [0.5, 0.6) is 0 Å². The van der Waals surface area contributed by atoms with E-state index in [0.29, 0.717) is 24.2 Å². The highest BCUT2D eigenvalue weighted by Crippen LogP contribution is 2.18. The Kier molecular flexibility index (Phi) is 6.37. The summed E-state index contributed by atoms with van der Waals surface area (Å²) in [6.45, 7) is 0.498. The average molecular weight is 339 g/mol. The third-order valence-electron chi connectivity index (χ3n) is 3.20. The standard InChI is InChI=1S/C18H17N3O4/c19-17-10-9-16(21(23)24)12-15(17)8-4-5-11-20-18(22)25-13-14-6-2-1-3-7-14/h1-3,6-7,9-10,12H,5,11,13,19H2,(H,20,22). The highest BCUT2D eigenvalue weighted by molar-refractivity contribution is 5.67. The zero-order chi connectivity index (χ0) is 18.1. The normalized spacial score (nSPS) is 9.60. The SMILES string of the molecule is Nc1ccc([N+](=O)[O-])cc1C#CCCNC(=O)OCc1ccccc1. The third-order valence-corrected chi connectivity index (χ3v) is 3.20. The highest BCUT2D eigenvalue weighted by Gasteiger charge is 2.07. The Morgan fingerprint density at radius 2 is 2.00 bits per heavy atom. The van der Waals surface area contributed by atoms with Crippen molar-refractivity contribution in [3.8, 4) is 11.8 Å². The van der Waals surface area contributed by atoms with Crippen LogP contribution in [0, 0.1) is 22.0 Å². The van der Waals surface area contributed by atoms with Gasteiger partial charge in [-0.15, -0.1) is 0 Å². The van der Waals surface area contributed by atoms with Gasteiger partial charge in [-0.25, -0.2) is 4.79 Å². The fourth-order valence-corrected chi connectivity index (χ4v) is 1.93. The molecule has 0 radical (unpaired) electrons. The first-order valence-corrected chi connectivity index (χ1v) is 7.53. The monoisotopic (exact) mass is 339 g/mol. The Morgan fingerprint density at radius 1 is 1.24 bits per heavy atom. The Labute approximate surface area is 144 Å². The van der Waals surface area contributed by atoms with Gasteiger partial charge in [-0.1, -0.05) is 42.2 Å². The molecule has 0 bridgehead atoms. The number of nitrogen functional groups attached to an aromatic ring is 1. The van der Waals surface area contributed by atoms with Crippen LogP contribution < -0.4 is 11.1 Å². The lowest BCUT2D eigenvalue weighted by atomic mass is 10.1.